The highest BCUT2D eigenvalue weighted by Crippen LogP contribution is 2.39. The van der Waals surface area contributed by atoms with Crippen LogP contribution in [-0.4, -0.2) is 24.9 Å². The zero-order chi connectivity index (χ0) is 85.3. The number of hydrogen-bond donors (Lipinski definition) is 0. The second-order valence-electron chi connectivity index (χ2n) is 29.3. The molecule has 0 aliphatic heterocycles. The van der Waals surface area contributed by atoms with Gasteiger partial charge in [0, 0.05) is 156 Å². The van der Waals surface area contributed by atoms with E-state index < -0.39 is 19.1 Å². The third-order valence-electron chi connectivity index (χ3n) is 21.8. The molecule has 0 radical (unpaired) electrons. The van der Waals surface area contributed by atoms with Gasteiger partial charge in [-0.05, 0) is 210 Å². The van der Waals surface area contributed by atoms with Crippen LogP contribution in [0.25, 0.3) is 167 Å². The Kier molecular flexibility index (Phi) is 19.0. The van der Waals surface area contributed by atoms with E-state index in [1.54, 1.807) is 45.6 Å². The molecule has 0 fully saturated rings. The molecule has 0 aliphatic carbocycles. The zero-order valence-corrected chi connectivity index (χ0v) is 67.5. The van der Waals surface area contributed by atoms with Gasteiger partial charge in [-0.2, -0.15) is 4.57 Å². The second-order valence-corrected chi connectivity index (χ2v) is 29.3. The molecule has 0 N–H and O–H groups in total. The number of fused-ring (bicyclic) bond motifs is 15. The van der Waals surface area contributed by atoms with Gasteiger partial charge in [0.1, 0.15) is 79.9 Å². The largest absolute Gasteiger partial charge is 0.456 e. The summed E-state index contributed by atoms with van der Waals surface area (Å²) in [5.41, 5.74) is 30.0. The fraction of sp³-hybridized carbons (Fsp3) is 0.200. The first-order chi connectivity index (χ1) is 57.9. The average Bonchev–Trinajstić information content (AvgIpc) is 1.69. The summed E-state index contributed by atoms with van der Waals surface area (Å²) in [6, 6.07) is 61.0. The minimum absolute atomic E-state index is 0.646. The number of para-hydroxylation sites is 2. The molecule has 0 atom stereocenters. The molecule has 570 valence electrons. The zero-order valence-electron chi connectivity index (χ0n) is 73.5. The number of rotatable bonds is 10. The fourth-order valence-electron chi connectivity index (χ4n) is 15.5. The molecule has 15 heteroatoms. The molecular weight excluding hydrogens is 1420 g/mol. The van der Waals surface area contributed by atoms with Crippen molar-refractivity contribution in [2.45, 2.75) is 101 Å². The van der Waals surface area contributed by atoms with Crippen molar-refractivity contribution in [3.8, 4) is 56.4 Å². The SMILES string of the molecule is CCc1ccc(-c2cc3c(nc2C)oc2ccccc23)[n+](C)c1.CCc1ccc(-c2nc3c(cc2C)oc2ccccc23)[n+](C)c1.[2H]C([2H])(C)c1ccc(-c2cc3c(cc2C)oc2ccncc23)[n+](C)c1.[2H]C([2H])(C)c1ccc(-c2cc3c(cc2C)oc2cnccc23)[n+](C)c1.[2H]C([2H])(C)c1ccc(-c2cc3c(cc2C)oc2ncccc23)[n+](C)c1. The normalized spacial score (nSPS) is 12.6. The molecule has 20 rings (SSSR count). The Labute approximate surface area is 677 Å². The van der Waals surface area contributed by atoms with Gasteiger partial charge in [-0.3, -0.25) is 9.97 Å². The summed E-state index contributed by atoms with van der Waals surface area (Å²) in [5, 5.41) is 9.45. The van der Waals surface area contributed by atoms with Crippen LogP contribution in [0.3, 0.4) is 0 Å². The Balaban J connectivity index is 0.000000112. The molecule has 0 bridgehead atoms. The molecule has 20 aromatic rings. The third-order valence-corrected chi connectivity index (χ3v) is 21.8. The highest BCUT2D eigenvalue weighted by Gasteiger charge is 2.24. The van der Waals surface area contributed by atoms with Crippen molar-refractivity contribution in [2.75, 3.05) is 0 Å². The van der Waals surface area contributed by atoms with Crippen molar-refractivity contribution >= 4 is 110 Å². The maximum atomic E-state index is 7.90. The van der Waals surface area contributed by atoms with Gasteiger partial charge in [-0.25, -0.2) is 33.2 Å². The van der Waals surface area contributed by atoms with Gasteiger partial charge < -0.3 is 22.1 Å². The topological polar surface area (TPSA) is 150 Å². The number of furan rings is 5. The summed E-state index contributed by atoms with van der Waals surface area (Å²) in [5.74, 6) is 0. The molecule has 0 saturated carbocycles. The first-order valence-corrected chi connectivity index (χ1v) is 38.8. The highest BCUT2D eigenvalue weighted by atomic mass is 16.4. The maximum Gasteiger partial charge on any atom is 0.231 e. The van der Waals surface area contributed by atoms with E-state index >= 15 is 0 Å². The van der Waals surface area contributed by atoms with Crippen LogP contribution in [0.4, 0.5) is 0 Å². The Bertz CT molecular complexity index is 6830. The maximum absolute atomic E-state index is 7.90. The molecule has 15 nitrogen and oxygen atoms in total. The molecule has 0 amide bonds. The van der Waals surface area contributed by atoms with E-state index in [0.29, 0.717) is 28.1 Å². The van der Waals surface area contributed by atoms with Crippen LogP contribution in [0.5, 0.6) is 0 Å². The standard InChI is InChI=1S/5C20H19N2O/c1-4-14-5-6-18(22(3)12-14)15-10-16-17-11-21-8-7-19(17)23-20(16)9-13(15)2;1-4-14-5-6-18(22(3)12-14)16-10-17-15-7-8-21-11-20(15)23-19(17)9-13(16)2;1-4-14-7-8-18(22(3)12-14)16-11-17-15-6-5-9-21-20(15)23-19(17)10-13(16)2;1-4-14-9-10-18(22(3)12-14)16-11-17-15-7-5-6-8-19(15)23-20(17)21-13(16)2;1-4-14-9-10-16(22(3)12-14)19-13(2)11-18-20(21-19)15-7-5-6-8-17(15)23-18/h5*5-12H,4H2,1-3H3/q5*+1/i3*4D2;;. The predicted molar refractivity (Wildman–Crippen MR) is 461 cm³/mol. The number of aryl methyl sites for hydroxylation is 15. The van der Waals surface area contributed by atoms with Gasteiger partial charge >= 0.3 is 0 Å². The predicted octanol–water partition coefficient (Wildman–Crippen LogP) is 21.7. The molecule has 5 aromatic carbocycles. The van der Waals surface area contributed by atoms with Crippen molar-refractivity contribution in [1.29, 1.82) is 0 Å². The lowest BCUT2D eigenvalue weighted by Crippen LogP contribution is -2.31. The van der Waals surface area contributed by atoms with Crippen LogP contribution in [0.15, 0.2) is 266 Å². The summed E-state index contributed by atoms with van der Waals surface area (Å²) >= 11 is 0. The molecule has 0 aliphatic rings. The summed E-state index contributed by atoms with van der Waals surface area (Å²) in [6.07, 6.45) is 16.7. The first-order valence-electron chi connectivity index (χ1n) is 41.8. The monoisotopic (exact) mass is 1520 g/mol. The van der Waals surface area contributed by atoms with E-state index in [2.05, 4.69) is 171 Å². The Morgan fingerprint density at radius 2 is 0.713 bits per heavy atom. The van der Waals surface area contributed by atoms with Crippen LogP contribution >= 0.6 is 0 Å². The van der Waals surface area contributed by atoms with Crippen molar-refractivity contribution in [3.05, 3.63) is 300 Å². The number of hydrogen-bond acceptors (Lipinski definition) is 10. The van der Waals surface area contributed by atoms with E-state index in [4.69, 9.17) is 40.3 Å². The van der Waals surface area contributed by atoms with Gasteiger partial charge in [0.15, 0.2) is 42.2 Å². The quantitative estimate of drug-likeness (QED) is 0.121. The molecule has 0 spiro atoms. The molecule has 15 heterocycles. The molecule has 0 unspecified atom stereocenters. The average molecular weight is 1520 g/mol. The van der Waals surface area contributed by atoms with Crippen LogP contribution in [0.2, 0.25) is 0 Å². The van der Waals surface area contributed by atoms with Crippen molar-refractivity contribution in [1.82, 2.24) is 24.9 Å². The number of aromatic nitrogens is 10. The van der Waals surface area contributed by atoms with E-state index in [-0.39, 0.29) is 0 Å². The number of nitrogens with zero attached hydrogens (tertiary/aromatic N) is 10. The van der Waals surface area contributed by atoms with Gasteiger partial charge in [0.25, 0.3) is 0 Å². The van der Waals surface area contributed by atoms with E-state index in [9.17, 15) is 0 Å². The van der Waals surface area contributed by atoms with E-state index in [0.717, 1.165) is 190 Å². The van der Waals surface area contributed by atoms with Crippen LogP contribution in [-0.2, 0) is 67.2 Å². The van der Waals surface area contributed by atoms with Gasteiger partial charge in [0.05, 0.1) is 17.5 Å². The summed E-state index contributed by atoms with van der Waals surface area (Å²) in [6.45, 7) is 19.4. The Hall–Kier alpha value is -13.4. The second kappa shape index (κ2) is 32.0. The summed E-state index contributed by atoms with van der Waals surface area (Å²) in [7, 11) is 10.0. The lowest BCUT2D eigenvalue weighted by atomic mass is 10.0. The van der Waals surface area contributed by atoms with Gasteiger partial charge in [-0.15, -0.1) is 0 Å². The van der Waals surface area contributed by atoms with E-state index in [1.807, 2.05) is 170 Å². The minimum atomic E-state index is -1.36. The first kappa shape index (κ1) is 68.4. The lowest BCUT2D eigenvalue weighted by Gasteiger charge is -2.06. The van der Waals surface area contributed by atoms with Gasteiger partial charge in [0.2, 0.25) is 39.9 Å². The molecule has 15 aromatic heterocycles. The Morgan fingerprint density at radius 3 is 1.27 bits per heavy atom. The molecular formula is C100H95N10O5+5. The molecule has 115 heavy (non-hydrogen) atoms. The summed E-state index contributed by atoms with van der Waals surface area (Å²) < 4.78 is 87.1. The van der Waals surface area contributed by atoms with Crippen LogP contribution < -0.4 is 22.8 Å². The summed E-state index contributed by atoms with van der Waals surface area (Å²) in [4.78, 5) is 22.3. The lowest BCUT2D eigenvalue weighted by molar-refractivity contribution is -0.661. The van der Waals surface area contributed by atoms with Crippen molar-refractivity contribution < 1.29 is 53.1 Å². The highest BCUT2D eigenvalue weighted by molar-refractivity contribution is 6.09. The Morgan fingerprint density at radius 1 is 0.304 bits per heavy atom. The van der Waals surface area contributed by atoms with Crippen LogP contribution in [0.1, 0.15) is 98.6 Å². The smallest absolute Gasteiger partial charge is 0.231 e. The van der Waals surface area contributed by atoms with Crippen molar-refractivity contribution in [2.24, 2.45) is 35.2 Å². The number of pyridine rings is 10. The number of benzene rings is 5. The van der Waals surface area contributed by atoms with Gasteiger partial charge in [-0.1, -0.05) is 65.0 Å². The van der Waals surface area contributed by atoms with Crippen LogP contribution in [0, 0.1) is 34.6 Å². The van der Waals surface area contributed by atoms with Crippen molar-refractivity contribution in [3.63, 3.8) is 0 Å². The third kappa shape index (κ3) is 14.9. The van der Waals surface area contributed by atoms with E-state index in [1.165, 1.54) is 16.8 Å². The molecule has 0 saturated heterocycles. The fourth-order valence-corrected chi connectivity index (χ4v) is 15.5. The minimum Gasteiger partial charge on any atom is -0.456 e.